The molecule has 0 aliphatic carbocycles. The average Bonchev–Trinajstić information content (AvgIpc) is 2.96. The van der Waals surface area contributed by atoms with Crippen molar-refractivity contribution in [1.29, 1.82) is 0 Å². The fourth-order valence-corrected chi connectivity index (χ4v) is 3.35. The van der Waals surface area contributed by atoms with E-state index in [9.17, 15) is 0 Å². The Hall–Kier alpha value is -1.37. The molecule has 0 fully saturated rings. The van der Waals surface area contributed by atoms with Gasteiger partial charge in [0, 0.05) is 15.8 Å². The molecule has 2 aromatic rings. The van der Waals surface area contributed by atoms with Gasteiger partial charge in [-0.15, -0.1) is 11.3 Å². The number of methoxy groups -OCH3 is 1. The second-order valence-electron chi connectivity index (χ2n) is 5.12. The predicted octanol–water partition coefficient (Wildman–Crippen LogP) is 2.70. The van der Waals surface area contributed by atoms with Gasteiger partial charge in [-0.3, -0.25) is 10.5 Å². The van der Waals surface area contributed by atoms with Gasteiger partial charge < -0.3 is 4.74 Å². The molecule has 110 valence electrons. The molecule has 3 N–H and O–H groups in total. The van der Waals surface area contributed by atoms with Gasteiger partial charge in [0.05, 0.1) is 13.3 Å². The molecule has 0 aromatic carbocycles. The van der Waals surface area contributed by atoms with E-state index in [1.165, 1.54) is 15.3 Å². The summed E-state index contributed by atoms with van der Waals surface area (Å²) >= 11 is 1.75. The van der Waals surface area contributed by atoms with Crippen molar-refractivity contribution in [2.45, 2.75) is 39.8 Å². The maximum Gasteiger partial charge on any atom is 0.162 e. The zero-order chi connectivity index (χ0) is 14.9. The zero-order valence-corrected chi connectivity index (χ0v) is 13.4. The molecule has 1 unspecified atom stereocenters. The number of aryl methyl sites for hydroxylation is 2. The van der Waals surface area contributed by atoms with Gasteiger partial charge in [0.15, 0.2) is 5.75 Å². The Morgan fingerprint density at radius 2 is 2.10 bits per heavy atom. The summed E-state index contributed by atoms with van der Waals surface area (Å²) in [4.78, 5) is 2.47. The number of nitrogens with one attached hydrogen (secondary N) is 1. The third-order valence-corrected chi connectivity index (χ3v) is 4.63. The van der Waals surface area contributed by atoms with Crippen LogP contribution in [0.1, 0.15) is 46.9 Å². The summed E-state index contributed by atoms with van der Waals surface area (Å²) in [6.45, 7) is 8.41. The SMILES string of the molecule is COc1cnn(C(C)C)c1C(NN)c1cc(C)c(C)s1. The van der Waals surface area contributed by atoms with Gasteiger partial charge in [0.25, 0.3) is 0 Å². The largest absolute Gasteiger partial charge is 0.493 e. The van der Waals surface area contributed by atoms with E-state index in [1.807, 2.05) is 4.68 Å². The van der Waals surface area contributed by atoms with Crippen LogP contribution in [-0.2, 0) is 0 Å². The van der Waals surface area contributed by atoms with Gasteiger partial charge in [-0.05, 0) is 39.3 Å². The summed E-state index contributed by atoms with van der Waals surface area (Å²) in [7, 11) is 1.66. The van der Waals surface area contributed by atoms with Gasteiger partial charge in [0.1, 0.15) is 11.7 Å². The molecular formula is C14H22N4OS. The fourth-order valence-electron chi connectivity index (χ4n) is 2.24. The predicted molar refractivity (Wildman–Crippen MR) is 82.1 cm³/mol. The highest BCUT2D eigenvalue weighted by Crippen LogP contribution is 2.35. The lowest BCUT2D eigenvalue weighted by atomic mass is 10.1. The number of nitrogens with zero attached hydrogens (tertiary/aromatic N) is 2. The van der Waals surface area contributed by atoms with Crippen LogP contribution in [0.4, 0.5) is 0 Å². The Labute approximate surface area is 123 Å². The van der Waals surface area contributed by atoms with Crippen molar-refractivity contribution in [3.05, 3.63) is 33.3 Å². The molecule has 0 radical (unpaired) electrons. The standard InChI is InChI=1S/C14H22N4OS/c1-8(2)18-14(11(19-5)7-16-18)13(17-15)12-6-9(3)10(4)20-12/h6-8,13,17H,15H2,1-5H3. The molecule has 0 aliphatic heterocycles. The first-order valence-corrected chi connectivity index (χ1v) is 7.45. The topological polar surface area (TPSA) is 65.1 Å². The molecule has 20 heavy (non-hydrogen) atoms. The minimum absolute atomic E-state index is 0.118. The minimum Gasteiger partial charge on any atom is -0.493 e. The first-order valence-electron chi connectivity index (χ1n) is 6.64. The third-order valence-electron chi connectivity index (χ3n) is 3.42. The van der Waals surface area contributed by atoms with E-state index in [1.54, 1.807) is 24.6 Å². The fraction of sp³-hybridized carbons (Fsp3) is 0.500. The van der Waals surface area contributed by atoms with Crippen LogP contribution in [0, 0.1) is 13.8 Å². The number of rotatable bonds is 5. The van der Waals surface area contributed by atoms with Gasteiger partial charge in [0.2, 0.25) is 0 Å². The summed E-state index contributed by atoms with van der Waals surface area (Å²) in [5.41, 5.74) is 5.14. The van der Waals surface area contributed by atoms with E-state index < -0.39 is 0 Å². The van der Waals surface area contributed by atoms with E-state index in [4.69, 9.17) is 10.6 Å². The summed E-state index contributed by atoms with van der Waals surface area (Å²) in [5, 5.41) is 4.41. The van der Waals surface area contributed by atoms with E-state index >= 15 is 0 Å². The summed E-state index contributed by atoms with van der Waals surface area (Å²) in [6, 6.07) is 2.29. The summed E-state index contributed by atoms with van der Waals surface area (Å²) < 4.78 is 7.40. The Kier molecular flexibility index (Phi) is 4.47. The van der Waals surface area contributed by atoms with Crippen molar-refractivity contribution in [3.8, 4) is 5.75 Å². The molecule has 0 spiro atoms. The number of ether oxygens (including phenoxy) is 1. The van der Waals surface area contributed by atoms with E-state index in [0.29, 0.717) is 0 Å². The van der Waals surface area contributed by atoms with E-state index in [-0.39, 0.29) is 12.1 Å². The molecule has 0 saturated heterocycles. The lowest BCUT2D eigenvalue weighted by Crippen LogP contribution is -2.30. The quantitative estimate of drug-likeness (QED) is 0.657. The number of hydrazine groups is 1. The summed E-state index contributed by atoms with van der Waals surface area (Å²) in [5.74, 6) is 6.56. The number of hydrogen-bond acceptors (Lipinski definition) is 5. The van der Waals surface area contributed by atoms with Crippen molar-refractivity contribution in [1.82, 2.24) is 15.2 Å². The molecular weight excluding hydrogens is 272 g/mol. The molecule has 0 saturated carbocycles. The van der Waals surface area contributed by atoms with Crippen LogP contribution in [0.3, 0.4) is 0 Å². The normalized spacial score (nSPS) is 12.9. The zero-order valence-electron chi connectivity index (χ0n) is 12.6. The van der Waals surface area contributed by atoms with Crippen molar-refractivity contribution < 1.29 is 4.74 Å². The Morgan fingerprint density at radius 3 is 2.55 bits per heavy atom. The maximum atomic E-state index is 5.81. The second-order valence-corrected chi connectivity index (χ2v) is 6.41. The Morgan fingerprint density at radius 1 is 1.40 bits per heavy atom. The number of nitrogens with two attached hydrogens (primary N) is 1. The first-order chi connectivity index (χ1) is 9.49. The minimum atomic E-state index is -0.118. The van der Waals surface area contributed by atoms with Crippen LogP contribution >= 0.6 is 11.3 Å². The molecule has 2 rings (SSSR count). The van der Waals surface area contributed by atoms with Crippen LogP contribution in [-0.4, -0.2) is 16.9 Å². The van der Waals surface area contributed by atoms with Crippen LogP contribution < -0.4 is 16.0 Å². The van der Waals surface area contributed by atoms with E-state index in [0.717, 1.165) is 11.4 Å². The average molecular weight is 294 g/mol. The monoisotopic (exact) mass is 294 g/mol. The lowest BCUT2D eigenvalue weighted by molar-refractivity contribution is 0.395. The first kappa shape index (κ1) is 15.0. The lowest BCUT2D eigenvalue weighted by Gasteiger charge is -2.19. The molecule has 6 heteroatoms. The molecule has 0 amide bonds. The van der Waals surface area contributed by atoms with E-state index in [2.05, 4.69) is 44.3 Å². The van der Waals surface area contributed by atoms with Crippen molar-refractivity contribution in [3.63, 3.8) is 0 Å². The third kappa shape index (κ3) is 2.59. The van der Waals surface area contributed by atoms with Crippen LogP contribution in [0.5, 0.6) is 5.75 Å². The van der Waals surface area contributed by atoms with Crippen LogP contribution in [0.2, 0.25) is 0 Å². The number of aromatic nitrogens is 2. The van der Waals surface area contributed by atoms with Gasteiger partial charge in [-0.2, -0.15) is 5.10 Å². The second kappa shape index (κ2) is 5.95. The highest BCUT2D eigenvalue weighted by molar-refractivity contribution is 7.12. The Bertz CT molecular complexity index is 569. The molecule has 0 aliphatic rings. The number of hydrogen-bond donors (Lipinski definition) is 2. The van der Waals surface area contributed by atoms with Crippen LogP contribution in [0.25, 0.3) is 0 Å². The van der Waals surface area contributed by atoms with Gasteiger partial charge >= 0.3 is 0 Å². The number of thiophene rings is 1. The molecule has 2 aromatic heterocycles. The Balaban J connectivity index is 2.53. The van der Waals surface area contributed by atoms with Crippen molar-refractivity contribution in [2.75, 3.05) is 7.11 Å². The highest BCUT2D eigenvalue weighted by atomic mass is 32.1. The van der Waals surface area contributed by atoms with Crippen molar-refractivity contribution >= 4 is 11.3 Å². The van der Waals surface area contributed by atoms with Gasteiger partial charge in [-0.25, -0.2) is 5.43 Å². The van der Waals surface area contributed by atoms with Crippen LogP contribution in [0.15, 0.2) is 12.3 Å². The highest BCUT2D eigenvalue weighted by Gasteiger charge is 2.25. The smallest absolute Gasteiger partial charge is 0.162 e. The maximum absolute atomic E-state index is 5.81. The summed E-state index contributed by atoms with van der Waals surface area (Å²) in [6.07, 6.45) is 1.74. The van der Waals surface area contributed by atoms with Gasteiger partial charge in [-0.1, -0.05) is 0 Å². The molecule has 5 nitrogen and oxygen atoms in total. The molecule has 2 heterocycles. The molecule has 0 bridgehead atoms. The van der Waals surface area contributed by atoms with Crippen molar-refractivity contribution in [2.24, 2.45) is 5.84 Å². The molecule has 1 atom stereocenters.